The summed E-state index contributed by atoms with van der Waals surface area (Å²) in [4.78, 5) is 0. The van der Waals surface area contributed by atoms with Gasteiger partial charge in [-0.15, -0.1) is 0 Å². The van der Waals surface area contributed by atoms with Crippen molar-refractivity contribution >= 4 is 11.6 Å². The summed E-state index contributed by atoms with van der Waals surface area (Å²) >= 11 is 6.16. The third kappa shape index (κ3) is 1.66. The number of aliphatic hydroxyl groups is 1. The Balaban J connectivity index is 1.82. The van der Waals surface area contributed by atoms with Gasteiger partial charge in [0, 0.05) is 11.4 Å². The van der Waals surface area contributed by atoms with Gasteiger partial charge in [-0.3, -0.25) is 0 Å². The van der Waals surface area contributed by atoms with E-state index in [2.05, 4.69) is 0 Å². The number of hydrogen-bond acceptors (Lipinski definition) is 1. The second-order valence-corrected chi connectivity index (χ2v) is 5.86. The van der Waals surface area contributed by atoms with Gasteiger partial charge in [-0.2, -0.15) is 0 Å². The Kier molecular flexibility index (Phi) is 2.49. The van der Waals surface area contributed by atoms with Gasteiger partial charge in [0.1, 0.15) is 0 Å². The second-order valence-electron chi connectivity index (χ2n) is 5.45. The zero-order chi connectivity index (χ0) is 11.2. The summed E-state index contributed by atoms with van der Waals surface area (Å²) in [6.07, 6.45) is 5.44. The van der Waals surface area contributed by atoms with Crippen molar-refractivity contribution in [3.05, 3.63) is 34.9 Å². The second kappa shape index (κ2) is 3.75. The van der Waals surface area contributed by atoms with Gasteiger partial charge in [0.25, 0.3) is 0 Å². The summed E-state index contributed by atoms with van der Waals surface area (Å²) in [5, 5.41) is 11.5. The third-order valence-corrected chi connectivity index (χ3v) is 4.77. The van der Waals surface area contributed by atoms with E-state index in [4.69, 9.17) is 11.6 Å². The molecule has 0 heterocycles. The highest BCUT2D eigenvalue weighted by Crippen LogP contribution is 2.52. The molecule has 2 aliphatic rings. The van der Waals surface area contributed by atoms with E-state index in [1.807, 2.05) is 24.3 Å². The van der Waals surface area contributed by atoms with Crippen molar-refractivity contribution in [2.45, 2.75) is 37.7 Å². The lowest BCUT2D eigenvalue weighted by molar-refractivity contribution is -0.0124. The largest absolute Gasteiger partial charge is 0.389 e. The number of rotatable bonds is 2. The molecule has 0 spiro atoms. The van der Waals surface area contributed by atoms with Gasteiger partial charge in [-0.25, -0.2) is 0 Å². The van der Waals surface area contributed by atoms with Crippen LogP contribution >= 0.6 is 11.6 Å². The smallest absolute Gasteiger partial charge is 0.0719 e. The van der Waals surface area contributed by atoms with Crippen LogP contribution in [0.2, 0.25) is 5.02 Å². The van der Waals surface area contributed by atoms with E-state index < -0.39 is 5.60 Å². The van der Waals surface area contributed by atoms with Crippen LogP contribution in [0.1, 0.15) is 31.2 Å². The minimum atomic E-state index is -0.478. The van der Waals surface area contributed by atoms with Gasteiger partial charge < -0.3 is 5.11 Å². The van der Waals surface area contributed by atoms with Crippen LogP contribution in [-0.4, -0.2) is 10.7 Å². The molecule has 0 aliphatic heterocycles. The Morgan fingerprint density at radius 3 is 2.75 bits per heavy atom. The first-order chi connectivity index (χ1) is 7.67. The quantitative estimate of drug-likeness (QED) is 0.834. The molecule has 1 N–H and O–H groups in total. The maximum absolute atomic E-state index is 10.7. The van der Waals surface area contributed by atoms with Crippen molar-refractivity contribution < 1.29 is 5.11 Å². The fraction of sp³-hybridized carbons (Fsp3) is 0.571. The summed E-state index contributed by atoms with van der Waals surface area (Å²) in [5.41, 5.74) is 0.618. The topological polar surface area (TPSA) is 20.2 Å². The van der Waals surface area contributed by atoms with E-state index in [-0.39, 0.29) is 0 Å². The molecule has 2 bridgehead atoms. The van der Waals surface area contributed by atoms with Gasteiger partial charge in [0.15, 0.2) is 0 Å². The van der Waals surface area contributed by atoms with Crippen LogP contribution in [0.4, 0.5) is 0 Å². The molecule has 1 nitrogen and oxygen atoms in total. The van der Waals surface area contributed by atoms with Crippen molar-refractivity contribution in [2.24, 2.45) is 11.8 Å². The van der Waals surface area contributed by atoms with Crippen molar-refractivity contribution in [3.63, 3.8) is 0 Å². The Morgan fingerprint density at radius 2 is 2.12 bits per heavy atom. The highest BCUT2D eigenvalue weighted by molar-refractivity contribution is 6.31. The van der Waals surface area contributed by atoms with E-state index in [1.54, 1.807) is 0 Å². The first-order valence-corrected chi connectivity index (χ1v) is 6.51. The number of hydrogen-bond donors (Lipinski definition) is 1. The maximum atomic E-state index is 10.7. The van der Waals surface area contributed by atoms with Crippen LogP contribution < -0.4 is 0 Å². The molecule has 1 aromatic rings. The Bertz CT molecular complexity index is 403. The Hall–Kier alpha value is -0.530. The van der Waals surface area contributed by atoms with E-state index in [0.29, 0.717) is 5.92 Å². The minimum Gasteiger partial charge on any atom is -0.389 e. The molecule has 2 aliphatic carbocycles. The summed E-state index contributed by atoms with van der Waals surface area (Å²) in [5.74, 6) is 1.27. The molecule has 0 amide bonds. The van der Waals surface area contributed by atoms with Crippen LogP contribution in [0.5, 0.6) is 0 Å². The van der Waals surface area contributed by atoms with E-state index in [1.165, 1.54) is 19.3 Å². The molecule has 3 atom stereocenters. The lowest BCUT2D eigenvalue weighted by Crippen LogP contribution is -2.37. The molecular weight excluding hydrogens is 220 g/mol. The predicted octanol–water partition coefficient (Wildman–Crippen LogP) is 3.43. The van der Waals surface area contributed by atoms with Gasteiger partial charge in [0.2, 0.25) is 0 Å². The lowest BCUT2D eigenvalue weighted by Gasteiger charge is -2.32. The average molecular weight is 237 g/mol. The number of benzene rings is 1. The molecule has 2 fully saturated rings. The first-order valence-electron chi connectivity index (χ1n) is 6.13. The highest BCUT2D eigenvalue weighted by Gasteiger charge is 2.49. The van der Waals surface area contributed by atoms with Gasteiger partial charge in [-0.1, -0.05) is 29.8 Å². The average Bonchev–Trinajstić information content (AvgIpc) is 2.81. The highest BCUT2D eigenvalue weighted by atomic mass is 35.5. The monoisotopic (exact) mass is 236 g/mol. The molecule has 2 saturated carbocycles. The van der Waals surface area contributed by atoms with Gasteiger partial charge in [0.05, 0.1) is 5.60 Å². The third-order valence-electron chi connectivity index (χ3n) is 4.40. The van der Waals surface area contributed by atoms with Gasteiger partial charge in [-0.05, 0) is 49.1 Å². The summed E-state index contributed by atoms with van der Waals surface area (Å²) in [7, 11) is 0. The van der Waals surface area contributed by atoms with Crippen molar-refractivity contribution in [3.8, 4) is 0 Å². The zero-order valence-electron chi connectivity index (χ0n) is 9.32. The molecule has 3 unspecified atom stereocenters. The molecule has 16 heavy (non-hydrogen) atoms. The van der Waals surface area contributed by atoms with Crippen LogP contribution in [0.15, 0.2) is 24.3 Å². The summed E-state index contributed by atoms with van der Waals surface area (Å²) < 4.78 is 0. The normalized spacial score (nSPS) is 36.9. The van der Waals surface area contributed by atoms with Crippen LogP contribution in [-0.2, 0) is 6.42 Å². The molecule has 1 aromatic carbocycles. The fourth-order valence-corrected chi connectivity index (χ4v) is 3.81. The van der Waals surface area contributed by atoms with E-state index in [9.17, 15) is 5.11 Å². The van der Waals surface area contributed by atoms with Crippen LogP contribution in [0, 0.1) is 11.8 Å². The van der Waals surface area contributed by atoms with Crippen LogP contribution in [0.3, 0.4) is 0 Å². The van der Waals surface area contributed by atoms with Gasteiger partial charge >= 0.3 is 0 Å². The molecule has 0 radical (unpaired) electrons. The number of halogens is 1. The fourth-order valence-electron chi connectivity index (χ4n) is 3.60. The van der Waals surface area contributed by atoms with E-state index >= 15 is 0 Å². The van der Waals surface area contributed by atoms with Crippen molar-refractivity contribution in [1.82, 2.24) is 0 Å². The Labute approximate surface area is 101 Å². The SMILES string of the molecule is OC1(Cc2ccccc2Cl)CC2CCC1C2. The van der Waals surface area contributed by atoms with Crippen molar-refractivity contribution in [1.29, 1.82) is 0 Å². The molecule has 0 saturated heterocycles. The summed E-state index contributed by atoms with van der Waals surface area (Å²) in [6, 6.07) is 7.88. The maximum Gasteiger partial charge on any atom is 0.0719 e. The number of fused-ring (bicyclic) bond motifs is 2. The molecule has 2 heteroatoms. The first kappa shape index (κ1) is 10.6. The zero-order valence-corrected chi connectivity index (χ0v) is 10.1. The van der Waals surface area contributed by atoms with E-state index in [0.717, 1.165) is 29.3 Å². The lowest BCUT2D eigenvalue weighted by atomic mass is 9.80. The summed E-state index contributed by atoms with van der Waals surface area (Å²) in [6.45, 7) is 0. The van der Waals surface area contributed by atoms with Crippen LogP contribution in [0.25, 0.3) is 0 Å². The molecule has 86 valence electrons. The minimum absolute atomic E-state index is 0.478. The molecular formula is C14H17ClO. The molecule has 0 aromatic heterocycles. The molecule has 3 rings (SSSR count). The van der Waals surface area contributed by atoms with Crippen molar-refractivity contribution in [2.75, 3.05) is 0 Å². The standard InChI is InChI=1S/C14H17ClO/c15-13-4-2-1-3-11(13)9-14(16)8-10-5-6-12(14)7-10/h1-4,10,12,16H,5-9H2. The predicted molar refractivity (Wildman–Crippen MR) is 65.6 cm³/mol. The Morgan fingerprint density at radius 1 is 1.31 bits per heavy atom.